The van der Waals surface area contributed by atoms with Crippen molar-refractivity contribution >= 4 is 81.7 Å². The number of nitrogens with zero attached hydrogens (tertiary/aromatic N) is 3. The van der Waals surface area contributed by atoms with E-state index in [2.05, 4.69) is 165 Å². The molecule has 4 aromatic heterocycles. The lowest BCUT2D eigenvalue weighted by molar-refractivity contribution is 1.17. The SMILES string of the molecule is c1ccc(-n2c3ccccc3c3c2ccc2c4ccccc4n(-c4ccc5c(c4)c4cccc6c7ccccc7n5c64)c23)cc1. The second-order valence-corrected chi connectivity index (χ2v) is 12.2. The second-order valence-electron chi connectivity index (χ2n) is 12.2. The number of hydrogen-bond donors (Lipinski definition) is 0. The van der Waals surface area contributed by atoms with Gasteiger partial charge < -0.3 is 13.5 Å². The molecule has 208 valence electrons. The molecule has 0 aliphatic rings. The Labute approximate surface area is 257 Å². The standard InChI is InChI=1S/C42H25N3/c1-2-11-26(12-3-1)43-37-20-9-6-15-33(37)40-39(43)24-22-32-29-14-4-7-18-35(29)44(42(32)40)27-21-23-38-34(25-27)31-17-10-16-30-28-13-5-8-19-36(28)45(38)41(30)31/h1-25H. The Kier molecular flexibility index (Phi) is 4.32. The van der Waals surface area contributed by atoms with Gasteiger partial charge in [-0.15, -0.1) is 0 Å². The van der Waals surface area contributed by atoms with Crippen molar-refractivity contribution in [1.29, 1.82) is 0 Å². The maximum atomic E-state index is 2.50. The Morgan fingerprint density at radius 1 is 0.289 bits per heavy atom. The minimum absolute atomic E-state index is 1.17. The molecule has 11 aromatic rings. The van der Waals surface area contributed by atoms with E-state index in [-0.39, 0.29) is 0 Å². The molecule has 3 heteroatoms. The zero-order chi connectivity index (χ0) is 29.2. The van der Waals surface area contributed by atoms with E-state index in [0.29, 0.717) is 0 Å². The zero-order valence-electron chi connectivity index (χ0n) is 24.3. The first-order chi connectivity index (χ1) is 22.4. The van der Waals surface area contributed by atoms with Gasteiger partial charge in [-0.25, -0.2) is 0 Å². The molecule has 45 heavy (non-hydrogen) atoms. The van der Waals surface area contributed by atoms with Gasteiger partial charge in [-0.2, -0.15) is 0 Å². The molecule has 0 aliphatic carbocycles. The van der Waals surface area contributed by atoms with E-state index in [1.807, 2.05) is 0 Å². The van der Waals surface area contributed by atoms with Crippen LogP contribution in [-0.2, 0) is 0 Å². The molecule has 0 fully saturated rings. The number of fused-ring (bicyclic) bond motifs is 13. The van der Waals surface area contributed by atoms with Gasteiger partial charge in [-0.05, 0) is 54.6 Å². The quantitative estimate of drug-likeness (QED) is 0.196. The molecular weight excluding hydrogens is 546 g/mol. The van der Waals surface area contributed by atoms with Crippen LogP contribution in [0.5, 0.6) is 0 Å². The van der Waals surface area contributed by atoms with Crippen molar-refractivity contribution in [3.05, 3.63) is 152 Å². The highest BCUT2D eigenvalue weighted by Gasteiger charge is 2.22. The van der Waals surface area contributed by atoms with E-state index in [1.165, 1.54) is 93.1 Å². The molecule has 11 rings (SSSR count). The Morgan fingerprint density at radius 3 is 1.64 bits per heavy atom. The van der Waals surface area contributed by atoms with Crippen LogP contribution in [0.15, 0.2) is 152 Å². The van der Waals surface area contributed by atoms with Crippen LogP contribution in [0.3, 0.4) is 0 Å². The molecule has 0 unspecified atom stereocenters. The highest BCUT2D eigenvalue weighted by molar-refractivity contribution is 6.27. The summed E-state index contributed by atoms with van der Waals surface area (Å²) in [5.41, 5.74) is 11.1. The van der Waals surface area contributed by atoms with E-state index in [1.54, 1.807) is 0 Å². The molecule has 0 saturated heterocycles. The fraction of sp³-hybridized carbons (Fsp3) is 0. The summed E-state index contributed by atoms with van der Waals surface area (Å²) in [4.78, 5) is 0. The Bertz CT molecular complexity index is 2970. The van der Waals surface area contributed by atoms with Crippen molar-refractivity contribution in [3.63, 3.8) is 0 Å². The fourth-order valence-corrected chi connectivity index (χ4v) is 8.19. The highest BCUT2D eigenvalue weighted by atomic mass is 15.0. The third-order valence-electron chi connectivity index (χ3n) is 9.95. The van der Waals surface area contributed by atoms with Crippen LogP contribution in [0.1, 0.15) is 0 Å². The van der Waals surface area contributed by atoms with Gasteiger partial charge in [0.1, 0.15) is 0 Å². The molecule has 3 nitrogen and oxygen atoms in total. The Balaban J connectivity index is 1.31. The highest BCUT2D eigenvalue weighted by Crippen LogP contribution is 2.44. The summed E-state index contributed by atoms with van der Waals surface area (Å²) in [6.45, 7) is 0. The molecule has 7 aromatic carbocycles. The van der Waals surface area contributed by atoms with E-state index in [0.717, 1.165) is 0 Å². The largest absolute Gasteiger partial charge is 0.309 e. The third-order valence-corrected chi connectivity index (χ3v) is 9.95. The van der Waals surface area contributed by atoms with Crippen LogP contribution in [0.4, 0.5) is 0 Å². The van der Waals surface area contributed by atoms with E-state index >= 15 is 0 Å². The predicted octanol–water partition coefficient (Wildman–Crippen LogP) is 11.0. The van der Waals surface area contributed by atoms with Gasteiger partial charge in [0, 0.05) is 54.5 Å². The molecule has 0 saturated carbocycles. The summed E-state index contributed by atoms with van der Waals surface area (Å²) in [5, 5.41) is 10.3. The Morgan fingerprint density at radius 2 is 0.844 bits per heavy atom. The van der Waals surface area contributed by atoms with E-state index in [9.17, 15) is 0 Å². The van der Waals surface area contributed by atoms with Gasteiger partial charge in [0.15, 0.2) is 0 Å². The van der Waals surface area contributed by atoms with E-state index < -0.39 is 0 Å². The Hall–Kier alpha value is -6.06. The van der Waals surface area contributed by atoms with Gasteiger partial charge in [0.2, 0.25) is 0 Å². The van der Waals surface area contributed by atoms with Crippen LogP contribution in [-0.4, -0.2) is 13.5 Å². The minimum Gasteiger partial charge on any atom is -0.309 e. The van der Waals surface area contributed by atoms with Crippen LogP contribution in [0, 0.1) is 0 Å². The summed E-state index contributed by atoms with van der Waals surface area (Å²) < 4.78 is 7.37. The van der Waals surface area contributed by atoms with Crippen LogP contribution >= 0.6 is 0 Å². The molecule has 0 N–H and O–H groups in total. The first kappa shape index (κ1) is 23.4. The molecule has 0 bridgehead atoms. The number of aromatic nitrogens is 3. The normalized spacial score (nSPS) is 12.4. The van der Waals surface area contributed by atoms with Crippen LogP contribution in [0.25, 0.3) is 93.1 Å². The van der Waals surface area contributed by atoms with Crippen molar-refractivity contribution in [2.24, 2.45) is 0 Å². The van der Waals surface area contributed by atoms with Gasteiger partial charge in [-0.1, -0.05) is 97.1 Å². The molecule has 0 spiro atoms. The molecule has 0 aliphatic heterocycles. The van der Waals surface area contributed by atoms with Crippen LogP contribution < -0.4 is 0 Å². The number of rotatable bonds is 2. The molecule has 0 amide bonds. The van der Waals surface area contributed by atoms with Gasteiger partial charge in [0.25, 0.3) is 0 Å². The predicted molar refractivity (Wildman–Crippen MR) is 190 cm³/mol. The average molecular weight is 572 g/mol. The van der Waals surface area contributed by atoms with Crippen molar-refractivity contribution in [1.82, 2.24) is 13.5 Å². The monoisotopic (exact) mass is 571 g/mol. The molecule has 0 atom stereocenters. The first-order valence-electron chi connectivity index (χ1n) is 15.5. The summed E-state index contributed by atoms with van der Waals surface area (Å²) in [6.07, 6.45) is 0. The smallest absolute Gasteiger partial charge is 0.0641 e. The topological polar surface area (TPSA) is 14.3 Å². The lowest BCUT2D eigenvalue weighted by Crippen LogP contribution is -1.95. The van der Waals surface area contributed by atoms with E-state index in [4.69, 9.17) is 0 Å². The lowest BCUT2D eigenvalue weighted by atomic mass is 10.1. The maximum Gasteiger partial charge on any atom is 0.0641 e. The van der Waals surface area contributed by atoms with Crippen molar-refractivity contribution in [2.45, 2.75) is 0 Å². The van der Waals surface area contributed by atoms with Gasteiger partial charge >= 0.3 is 0 Å². The average Bonchev–Trinajstić information content (AvgIpc) is 3.82. The molecule has 4 heterocycles. The van der Waals surface area contributed by atoms with Gasteiger partial charge in [-0.3, -0.25) is 0 Å². The number of hydrogen-bond acceptors (Lipinski definition) is 0. The summed E-state index contributed by atoms with van der Waals surface area (Å²) in [7, 11) is 0. The maximum absolute atomic E-state index is 2.50. The summed E-state index contributed by atoms with van der Waals surface area (Å²) in [5.74, 6) is 0. The first-order valence-corrected chi connectivity index (χ1v) is 15.5. The van der Waals surface area contributed by atoms with Crippen molar-refractivity contribution in [2.75, 3.05) is 0 Å². The lowest BCUT2D eigenvalue weighted by Gasteiger charge is -2.11. The third kappa shape index (κ3) is 2.86. The van der Waals surface area contributed by atoms with Crippen molar-refractivity contribution < 1.29 is 0 Å². The van der Waals surface area contributed by atoms with Crippen molar-refractivity contribution in [3.8, 4) is 11.4 Å². The number of para-hydroxylation sites is 5. The van der Waals surface area contributed by atoms with Gasteiger partial charge in [0.05, 0.1) is 38.6 Å². The minimum atomic E-state index is 1.17. The summed E-state index contributed by atoms with van der Waals surface area (Å²) >= 11 is 0. The second kappa shape index (κ2) is 8.31. The van der Waals surface area contributed by atoms with Crippen LogP contribution in [0.2, 0.25) is 0 Å². The zero-order valence-corrected chi connectivity index (χ0v) is 24.3. The number of benzene rings is 7. The molecule has 0 radical (unpaired) electrons. The summed E-state index contributed by atoms with van der Waals surface area (Å²) in [6, 6.07) is 55.6. The molecular formula is C42H25N3. The fourth-order valence-electron chi connectivity index (χ4n) is 8.19.